The van der Waals surface area contributed by atoms with Crippen molar-refractivity contribution < 1.29 is 14.7 Å². The quantitative estimate of drug-likeness (QED) is 0.616. The van der Waals surface area contributed by atoms with Gasteiger partial charge in [0.15, 0.2) is 0 Å². The Labute approximate surface area is 112 Å². The molecule has 0 heterocycles. The van der Waals surface area contributed by atoms with E-state index in [0.717, 1.165) is 24.1 Å². The molecule has 1 amide bonds. The first-order valence-corrected chi connectivity index (χ1v) is 6.31. The van der Waals surface area contributed by atoms with Crippen molar-refractivity contribution in [1.82, 2.24) is 5.32 Å². The van der Waals surface area contributed by atoms with Crippen LogP contribution < -0.4 is 11.1 Å². The van der Waals surface area contributed by atoms with Crippen molar-refractivity contribution in [2.45, 2.75) is 32.2 Å². The monoisotopic (exact) mass is 264 g/mol. The Morgan fingerprint density at radius 2 is 1.95 bits per heavy atom. The zero-order valence-electron chi connectivity index (χ0n) is 11.1. The molecule has 0 aliphatic carbocycles. The predicted molar refractivity (Wildman–Crippen MR) is 72.6 cm³/mol. The van der Waals surface area contributed by atoms with Crippen molar-refractivity contribution in [2.24, 2.45) is 5.73 Å². The number of primary amides is 1. The van der Waals surface area contributed by atoms with Gasteiger partial charge in [-0.3, -0.25) is 9.59 Å². The van der Waals surface area contributed by atoms with Gasteiger partial charge in [0.2, 0.25) is 5.91 Å². The van der Waals surface area contributed by atoms with Crippen molar-refractivity contribution in [1.29, 1.82) is 0 Å². The van der Waals surface area contributed by atoms with E-state index < -0.39 is 11.9 Å². The van der Waals surface area contributed by atoms with Gasteiger partial charge in [0.05, 0.1) is 5.92 Å². The Kier molecular flexibility index (Phi) is 6.02. The molecule has 0 spiro atoms. The maximum Gasteiger partial charge on any atom is 0.310 e. The molecule has 5 heteroatoms. The summed E-state index contributed by atoms with van der Waals surface area (Å²) >= 11 is 0. The van der Waals surface area contributed by atoms with E-state index >= 15 is 0 Å². The molecule has 1 rings (SSSR count). The van der Waals surface area contributed by atoms with Crippen molar-refractivity contribution in [3.63, 3.8) is 0 Å². The van der Waals surface area contributed by atoms with Crippen LogP contribution in [0, 0.1) is 0 Å². The van der Waals surface area contributed by atoms with E-state index in [9.17, 15) is 9.59 Å². The van der Waals surface area contributed by atoms with Crippen LogP contribution in [0.4, 0.5) is 0 Å². The summed E-state index contributed by atoms with van der Waals surface area (Å²) in [5.41, 5.74) is 6.92. The summed E-state index contributed by atoms with van der Waals surface area (Å²) in [7, 11) is 0. The highest BCUT2D eigenvalue weighted by molar-refractivity contribution is 5.75. The summed E-state index contributed by atoms with van der Waals surface area (Å²) in [6.07, 6.45) is 1.12. The molecule has 0 saturated carbocycles. The normalized spacial score (nSPS) is 12.1. The first-order chi connectivity index (χ1) is 9.00. The van der Waals surface area contributed by atoms with Gasteiger partial charge in [0, 0.05) is 13.0 Å². The average Bonchev–Trinajstić information content (AvgIpc) is 2.37. The van der Waals surface area contributed by atoms with Crippen LogP contribution in [-0.2, 0) is 16.1 Å². The number of carbonyl (C=O) groups is 2. The van der Waals surface area contributed by atoms with Gasteiger partial charge in [-0.05, 0) is 31.0 Å². The fraction of sp³-hybridized carbons (Fsp3) is 0.429. The minimum atomic E-state index is -0.822. The molecule has 19 heavy (non-hydrogen) atoms. The topological polar surface area (TPSA) is 92.4 Å². The number of carbonyl (C=O) groups excluding carboxylic acids is 1. The molecule has 104 valence electrons. The molecule has 0 radical (unpaired) electrons. The average molecular weight is 264 g/mol. The molecule has 1 aromatic carbocycles. The van der Waals surface area contributed by atoms with E-state index in [1.54, 1.807) is 6.92 Å². The second-order valence-electron chi connectivity index (χ2n) is 4.55. The minimum Gasteiger partial charge on any atom is -0.481 e. The second kappa shape index (κ2) is 7.53. The third kappa shape index (κ3) is 5.52. The molecule has 1 aromatic rings. The number of hydrogen-bond acceptors (Lipinski definition) is 3. The summed E-state index contributed by atoms with van der Waals surface area (Å²) < 4.78 is 0. The molecule has 4 N–H and O–H groups in total. The van der Waals surface area contributed by atoms with Crippen molar-refractivity contribution in [3.05, 3.63) is 35.4 Å². The first kappa shape index (κ1) is 15.2. The van der Waals surface area contributed by atoms with Gasteiger partial charge in [0.25, 0.3) is 0 Å². The predicted octanol–water partition coefficient (Wildman–Crippen LogP) is 1.23. The van der Waals surface area contributed by atoms with Gasteiger partial charge in [0.1, 0.15) is 0 Å². The van der Waals surface area contributed by atoms with E-state index in [1.165, 1.54) is 0 Å². The highest BCUT2D eigenvalue weighted by atomic mass is 16.4. The lowest BCUT2D eigenvalue weighted by molar-refractivity contribution is -0.138. The number of benzene rings is 1. The fourth-order valence-corrected chi connectivity index (χ4v) is 1.69. The van der Waals surface area contributed by atoms with Crippen LogP contribution in [0.15, 0.2) is 24.3 Å². The van der Waals surface area contributed by atoms with E-state index in [1.807, 2.05) is 24.3 Å². The first-order valence-electron chi connectivity index (χ1n) is 6.31. The maximum absolute atomic E-state index is 10.8. The van der Waals surface area contributed by atoms with E-state index in [4.69, 9.17) is 10.8 Å². The standard InChI is InChI=1S/C14H20N2O3/c1-10(14(18)19)12-6-4-11(5-7-12)9-16-8-2-3-13(15)17/h4-7,10,16H,2-3,8-9H2,1H3,(H2,15,17)(H,18,19). The highest BCUT2D eigenvalue weighted by Crippen LogP contribution is 2.15. The van der Waals surface area contributed by atoms with Crippen LogP contribution in [0.5, 0.6) is 0 Å². The Hall–Kier alpha value is -1.88. The van der Waals surface area contributed by atoms with Crippen molar-refractivity contribution in [2.75, 3.05) is 6.54 Å². The summed E-state index contributed by atoms with van der Waals surface area (Å²) in [6, 6.07) is 7.49. The minimum absolute atomic E-state index is 0.284. The third-order valence-electron chi connectivity index (χ3n) is 2.96. The van der Waals surface area contributed by atoms with Crippen LogP contribution in [0.3, 0.4) is 0 Å². The van der Waals surface area contributed by atoms with Crippen LogP contribution in [0.1, 0.15) is 36.8 Å². The van der Waals surface area contributed by atoms with Gasteiger partial charge < -0.3 is 16.2 Å². The molecule has 5 nitrogen and oxygen atoms in total. The number of hydrogen-bond donors (Lipinski definition) is 3. The zero-order valence-corrected chi connectivity index (χ0v) is 11.1. The zero-order chi connectivity index (χ0) is 14.3. The van der Waals surface area contributed by atoms with Gasteiger partial charge in [-0.1, -0.05) is 24.3 Å². The molecule has 1 atom stereocenters. The van der Waals surface area contributed by atoms with E-state index in [0.29, 0.717) is 13.0 Å². The van der Waals surface area contributed by atoms with Crippen molar-refractivity contribution in [3.8, 4) is 0 Å². The van der Waals surface area contributed by atoms with Gasteiger partial charge in [-0.25, -0.2) is 0 Å². The molecule has 0 saturated heterocycles. The lowest BCUT2D eigenvalue weighted by Gasteiger charge is -2.08. The second-order valence-corrected chi connectivity index (χ2v) is 4.55. The van der Waals surface area contributed by atoms with Crippen molar-refractivity contribution >= 4 is 11.9 Å². The fourth-order valence-electron chi connectivity index (χ4n) is 1.69. The largest absolute Gasteiger partial charge is 0.481 e. The van der Waals surface area contributed by atoms with Gasteiger partial charge >= 0.3 is 5.97 Å². The lowest BCUT2D eigenvalue weighted by atomic mass is 10.00. The molecular formula is C14H20N2O3. The number of carboxylic acids is 1. The molecule has 0 bridgehead atoms. The van der Waals surface area contributed by atoms with Crippen LogP contribution >= 0.6 is 0 Å². The molecule has 1 unspecified atom stereocenters. The molecule has 0 aromatic heterocycles. The SMILES string of the molecule is CC(C(=O)O)c1ccc(CNCCCC(N)=O)cc1. The molecular weight excluding hydrogens is 244 g/mol. The summed E-state index contributed by atoms with van der Waals surface area (Å²) in [6.45, 7) is 3.09. The maximum atomic E-state index is 10.8. The summed E-state index contributed by atoms with van der Waals surface area (Å²) in [5, 5.41) is 12.1. The Morgan fingerprint density at radius 3 is 2.47 bits per heavy atom. The number of nitrogens with one attached hydrogen (secondary N) is 1. The lowest BCUT2D eigenvalue weighted by Crippen LogP contribution is -2.18. The highest BCUT2D eigenvalue weighted by Gasteiger charge is 2.12. The van der Waals surface area contributed by atoms with Gasteiger partial charge in [-0.15, -0.1) is 0 Å². The van der Waals surface area contributed by atoms with E-state index in [2.05, 4.69) is 5.32 Å². The number of nitrogens with two attached hydrogens (primary N) is 1. The van der Waals surface area contributed by atoms with Crippen LogP contribution in [0.2, 0.25) is 0 Å². The number of carboxylic acid groups (broad SMARTS) is 1. The van der Waals surface area contributed by atoms with Gasteiger partial charge in [-0.2, -0.15) is 0 Å². The third-order valence-corrected chi connectivity index (χ3v) is 2.96. The molecule has 0 fully saturated rings. The number of amides is 1. The number of aliphatic carboxylic acids is 1. The van der Waals surface area contributed by atoms with Crippen LogP contribution in [-0.4, -0.2) is 23.5 Å². The van der Waals surface area contributed by atoms with E-state index in [-0.39, 0.29) is 5.91 Å². The number of rotatable bonds is 8. The van der Waals surface area contributed by atoms with Crippen LogP contribution in [0.25, 0.3) is 0 Å². The summed E-state index contributed by atoms with van der Waals surface area (Å²) in [5.74, 6) is -1.59. The summed E-state index contributed by atoms with van der Waals surface area (Å²) in [4.78, 5) is 21.4. The Balaban J connectivity index is 2.36. The Bertz CT molecular complexity index is 429. The Morgan fingerprint density at radius 1 is 1.32 bits per heavy atom. The smallest absolute Gasteiger partial charge is 0.310 e. The molecule has 0 aliphatic heterocycles. The molecule has 0 aliphatic rings.